The number of piperidine rings is 2. The van der Waals surface area contributed by atoms with Gasteiger partial charge in [-0.25, -0.2) is 0 Å². The average molecular weight is 370 g/mol. The third-order valence-electron chi connectivity index (χ3n) is 6.75. The molecule has 0 amide bonds. The lowest BCUT2D eigenvalue weighted by Gasteiger charge is -2.50. The van der Waals surface area contributed by atoms with Crippen LogP contribution in [0.25, 0.3) is 0 Å². The zero-order valence-electron chi connectivity index (χ0n) is 16.7. The lowest BCUT2D eigenvalue weighted by molar-refractivity contribution is 0.0176. The van der Waals surface area contributed by atoms with Crippen LogP contribution in [0, 0.1) is 11.8 Å². The Morgan fingerprint density at radius 3 is 2.93 bits per heavy atom. The predicted molar refractivity (Wildman–Crippen MR) is 107 cm³/mol. The van der Waals surface area contributed by atoms with Crippen molar-refractivity contribution in [3.63, 3.8) is 0 Å². The van der Waals surface area contributed by atoms with E-state index in [0.29, 0.717) is 18.3 Å². The second-order valence-corrected chi connectivity index (χ2v) is 8.08. The third kappa shape index (κ3) is 2.79. The first-order valence-corrected chi connectivity index (χ1v) is 9.95. The number of ether oxygens (including phenoxy) is 2. The molecule has 0 unspecified atom stereocenters. The van der Waals surface area contributed by atoms with E-state index in [1.54, 1.807) is 14.2 Å². The van der Waals surface area contributed by atoms with Gasteiger partial charge in [-0.05, 0) is 49.3 Å². The number of hydrogen-bond acceptors (Lipinski definition) is 5. The molecule has 1 aromatic rings. The Balaban J connectivity index is 1.71. The van der Waals surface area contributed by atoms with Crippen molar-refractivity contribution in [1.82, 2.24) is 4.90 Å². The Kier molecular flexibility index (Phi) is 4.77. The lowest BCUT2D eigenvalue weighted by Crippen LogP contribution is -2.60. The van der Waals surface area contributed by atoms with E-state index in [4.69, 9.17) is 14.5 Å². The summed E-state index contributed by atoms with van der Waals surface area (Å²) in [5, 5.41) is 11.7. The monoisotopic (exact) mass is 370 g/mol. The van der Waals surface area contributed by atoms with Gasteiger partial charge in [0.15, 0.2) is 0 Å². The van der Waals surface area contributed by atoms with Crippen molar-refractivity contribution in [1.29, 1.82) is 0 Å². The molecule has 0 saturated carbocycles. The summed E-state index contributed by atoms with van der Waals surface area (Å²) >= 11 is 0. The van der Waals surface area contributed by atoms with Crippen LogP contribution in [0.15, 0.2) is 35.0 Å². The molecule has 4 rings (SSSR count). The van der Waals surface area contributed by atoms with E-state index in [-0.39, 0.29) is 6.04 Å². The highest BCUT2D eigenvalue weighted by Gasteiger charge is 2.53. The predicted octanol–water partition coefficient (Wildman–Crippen LogP) is 3.64. The molecule has 1 N–H and O–H groups in total. The van der Waals surface area contributed by atoms with Gasteiger partial charge in [-0.1, -0.05) is 19.4 Å². The van der Waals surface area contributed by atoms with Gasteiger partial charge in [0.1, 0.15) is 11.4 Å². The van der Waals surface area contributed by atoms with Crippen LogP contribution in [-0.4, -0.2) is 49.1 Å². The van der Waals surface area contributed by atoms with Crippen molar-refractivity contribution in [2.45, 2.75) is 44.8 Å². The number of benzene rings is 1. The van der Waals surface area contributed by atoms with E-state index < -0.39 is 5.60 Å². The fourth-order valence-electron chi connectivity index (χ4n) is 5.37. The van der Waals surface area contributed by atoms with Gasteiger partial charge in [0.2, 0.25) is 0 Å². The van der Waals surface area contributed by atoms with E-state index in [2.05, 4.69) is 18.7 Å². The van der Waals surface area contributed by atoms with Gasteiger partial charge >= 0.3 is 0 Å². The number of aliphatic imine (C=N–C) groups is 1. The van der Waals surface area contributed by atoms with Crippen molar-refractivity contribution in [2.24, 2.45) is 16.8 Å². The quantitative estimate of drug-likeness (QED) is 0.822. The van der Waals surface area contributed by atoms with Crippen molar-refractivity contribution >= 4 is 11.4 Å². The maximum Gasteiger partial charge on any atom is 0.136 e. The van der Waals surface area contributed by atoms with E-state index in [1.807, 2.05) is 24.5 Å². The molecular formula is C22H30N2O3. The highest BCUT2D eigenvalue weighted by molar-refractivity contribution is 6.05. The molecule has 3 aliphatic heterocycles. The smallest absolute Gasteiger partial charge is 0.136 e. The van der Waals surface area contributed by atoms with Crippen LogP contribution < -0.4 is 4.74 Å². The molecule has 0 aromatic heterocycles. The van der Waals surface area contributed by atoms with E-state index >= 15 is 0 Å². The molecular weight excluding hydrogens is 340 g/mol. The van der Waals surface area contributed by atoms with Crippen LogP contribution >= 0.6 is 0 Å². The number of rotatable bonds is 4. The fraction of sp³-hybridized carbons (Fsp3) is 0.591. The number of aliphatic hydroxyl groups is 1. The van der Waals surface area contributed by atoms with Gasteiger partial charge < -0.3 is 14.6 Å². The topological polar surface area (TPSA) is 54.3 Å². The number of allylic oxidation sites excluding steroid dienone is 1. The second kappa shape index (κ2) is 6.95. The van der Waals surface area contributed by atoms with Gasteiger partial charge in [0.05, 0.1) is 43.5 Å². The molecule has 5 nitrogen and oxygen atoms in total. The molecule has 5 heteroatoms. The standard InChI is InChI=1S/C22H30N2O3/c1-5-15-12-24-10-9-22(25)20-17(7-6-8-19(20)27-4)23-21(22)18(24)11-16(15)14(2)13-26-3/h6-8,13,15-16,18,25H,5,9-12H2,1-4H3/b14-13-/t15-,16-,18+,22+/m1/s1. The summed E-state index contributed by atoms with van der Waals surface area (Å²) in [7, 11) is 3.37. The normalized spacial score (nSPS) is 33.0. The number of hydrogen-bond donors (Lipinski definition) is 1. The molecule has 4 atom stereocenters. The number of fused-ring (bicyclic) bond motifs is 5. The fourth-order valence-corrected chi connectivity index (χ4v) is 5.37. The summed E-state index contributed by atoms with van der Waals surface area (Å²) in [4.78, 5) is 7.45. The Morgan fingerprint density at radius 2 is 2.22 bits per heavy atom. The molecule has 2 saturated heterocycles. The van der Waals surface area contributed by atoms with E-state index in [0.717, 1.165) is 48.6 Å². The van der Waals surface area contributed by atoms with Gasteiger partial charge in [0, 0.05) is 13.1 Å². The molecule has 2 fully saturated rings. The van der Waals surface area contributed by atoms with E-state index in [9.17, 15) is 5.11 Å². The Morgan fingerprint density at radius 1 is 1.41 bits per heavy atom. The zero-order chi connectivity index (χ0) is 19.2. The minimum Gasteiger partial charge on any atom is -0.504 e. The zero-order valence-corrected chi connectivity index (χ0v) is 16.7. The maximum absolute atomic E-state index is 11.7. The van der Waals surface area contributed by atoms with Crippen LogP contribution in [0.5, 0.6) is 5.75 Å². The van der Waals surface area contributed by atoms with Crippen LogP contribution in [-0.2, 0) is 10.3 Å². The molecule has 27 heavy (non-hydrogen) atoms. The summed E-state index contributed by atoms with van der Waals surface area (Å²) in [6, 6.07) is 6.01. The first-order chi connectivity index (χ1) is 13.0. The average Bonchev–Trinajstić information content (AvgIpc) is 3.00. The summed E-state index contributed by atoms with van der Waals surface area (Å²) in [5.41, 5.74) is 2.88. The summed E-state index contributed by atoms with van der Waals surface area (Å²) in [6.45, 7) is 6.36. The Hall–Kier alpha value is -1.85. The van der Waals surface area contributed by atoms with Gasteiger partial charge in [-0.15, -0.1) is 0 Å². The largest absolute Gasteiger partial charge is 0.504 e. The minimum absolute atomic E-state index is 0.161. The molecule has 3 heterocycles. The first-order valence-electron chi connectivity index (χ1n) is 9.95. The summed E-state index contributed by atoms with van der Waals surface area (Å²) < 4.78 is 10.9. The van der Waals surface area contributed by atoms with E-state index in [1.165, 1.54) is 5.57 Å². The maximum atomic E-state index is 11.7. The van der Waals surface area contributed by atoms with Crippen LogP contribution in [0.2, 0.25) is 0 Å². The Labute approximate surface area is 161 Å². The Bertz CT molecular complexity index is 788. The first kappa shape index (κ1) is 18.5. The number of nitrogens with zero attached hydrogens (tertiary/aromatic N) is 2. The second-order valence-electron chi connectivity index (χ2n) is 8.08. The highest BCUT2D eigenvalue weighted by Crippen LogP contribution is 2.51. The third-order valence-corrected chi connectivity index (χ3v) is 6.75. The van der Waals surface area contributed by atoms with Crippen LogP contribution in [0.1, 0.15) is 38.7 Å². The van der Waals surface area contributed by atoms with Crippen molar-refractivity contribution < 1.29 is 14.6 Å². The highest BCUT2D eigenvalue weighted by atomic mass is 16.5. The van der Waals surface area contributed by atoms with Gasteiger partial charge in [-0.3, -0.25) is 9.89 Å². The molecule has 146 valence electrons. The summed E-state index contributed by atoms with van der Waals surface area (Å²) in [5.74, 6) is 1.79. The molecule has 0 bridgehead atoms. The molecule has 0 spiro atoms. The molecule has 3 aliphatic rings. The van der Waals surface area contributed by atoms with Gasteiger partial charge in [-0.2, -0.15) is 0 Å². The van der Waals surface area contributed by atoms with Gasteiger partial charge in [0.25, 0.3) is 0 Å². The summed E-state index contributed by atoms with van der Waals surface area (Å²) in [6.07, 6.45) is 4.67. The molecule has 0 aliphatic carbocycles. The van der Waals surface area contributed by atoms with Crippen LogP contribution in [0.3, 0.4) is 0 Å². The lowest BCUT2D eigenvalue weighted by atomic mass is 9.70. The SMILES string of the molecule is CC[C@@H]1CN2CC[C@@]3(O)C(=Nc4cccc(OC)c43)[C@@H]2C[C@@H]1/C(C)=C\OC. The van der Waals surface area contributed by atoms with Crippen molar-refractivity contribution in [3.8, 4) is 5.75 Å². The molecule has 1 aromatic carbocycles. The molecule has 0 radical (unpaired) electrons. The number of methoxy groups -OCH3 is 2. The van der Waals surface area contributed by atoms with Crippen LogP contribution in [0.4, 0.5) is 5.69 Å². The van der Waals surface area contributed by atoms with Crippen molar-refractivity contribution in [2.75, 3.05) is 27.3 Å². The van der Waals surface area contributed by atoms with Crippen molar-refractivity contribution in [3.05, 3.63) is 35.6 Å². The minimum atomic E-state index is -1.01.